The van der Waals surface area contributed by atoms with Crippen molar-refractivity contribution in [1.29, 1.82) is 0 Å². The number of methoxy groups -OCH3 is 2. The maximum absolute atomic E-state index is 13.0. The number of ether oxygens (including phenoxy) is 2. The van der Waals surface area contributed by atoms with E-state index in [1.807, 2.05) is 13.8 Å². The Hall–Kier alpha value is -2.74. The molecule has 0 aromatic heterocycles. The van der Waals surface area contributed by atoms with Gasteiger partial charge in [0.1, 0.15) is 0 Å². The number of benzene rings is 2. The fraction of sp³-hybridized carbons (Fsp3) is 0.350. The van der Waals surface area contributed by atoms with Gasteiger partial charge in [-0.2, -0.15) is 0 Å². The minimum atomic E-state index is -3.81. The van der Waals surface area contributed by atoms with Crippen LogP contribution in [0.15, 0.2) is 47.4 Å². The van der Waals surface area contributed by atoms with Crippen molar-refractivity contribution in [3.8, 4) is 11.5 Å². The van der Waals surface area contributed by atoms with E-state index in [-0.39, 0.29) is 10.8 Å². The summed E-state index contributed by atoms with van der Waals surface area (Å²) in [5, 5.41) is 0. The monoisotopic (exact) mass is 406 g/mol. The third-order valence-electron chi connectivity index (χ3n) is 4.54. The maximum Gasteiger partial charge on any atom is 0.264 e. The first-order valence-electron chi connectivity index (χ1n) is 8.90. The van der Waals surface area contributed by atoms with Crippen LogP contribution in [-0.2, 0) is 10.0 Å². The van der Waals surface area contributed by atoms with Gasteiger partial charge in [-0.1, -0.05) is 0 Å². The molecule has 7 nitrogen and oxygen atoms in total. The number of anilines is 1. The third kappa shape index (κ3) is 4.22. The van der Waals surface area contributed by atoms with E-state index in [4.69, 9.17) is 9.47 Å². The molecule has 0 heterocycles. The van der Waals surface area contributed by atoms with Crippen LogP contribution in [0.3, 0.4) is 0 Å². The molecule has 0 aliphatic carbocycles. The fourth-order valence-electron chi connectivity index (χ4n) is 2.78. The highest BCUT2D eigenvalue weighted by molar-refractivity contribution is 7.92. The highest BCUT2D eigenvalue weighted by atomic mass is 32.2. The lowest BCUT2D eigenvalue weighted by atomic mass is 10.2. The van der Waals surface area contributed by atoms with Crippen molar-refractivity contribution in [1.82, 2.24) is 4.90 Å². The zero-order chi connectivity index (χ0) is 20.9. The van der Waals surface area contributed by atoms with E-state index in [2.05, 4.69) is 0 Å². The van der Waals surface area contributed by atoms with Crippen LogP contribution in [0.5, 0.6) is 11.5 Å². The van der Waals surface area contributed by atoms with E-state index in [1.54, 1.807) is 35.2 Å². The molecule has 0 atom stereocenters. The maximum atomic E-state index is 13.0. The molecule has 0 saturated heterocycles. The second-order valence-corrected chi connectivity index (χ2v) is 7.98. The van der Waals surface area contributed by atoms with Crippen molar-refractivity contribution in [3.05, 3.63) is 48.0 Å². The Morgan fingerprint density at radius 2 is 1.50 bits per heavy atom. The predicted octanol–water partition coefficient (Wildman–Crippen LogP) is 3.01. The predicted molar refractivity (Wildman–Crippen MR) is 109 cm³/mol. The molecule has 0 aliphatic heterocycles. The number of nitrogens with zero attached hydrogens (tertiary/aromatic N) is 2. The molecule has 0 aliphatic rings. The number of rotatable bonds is 8. The molecule has 2 aromatic carbocycles. The second-order valence-electron chi connectivity index (χ2n) is 6.01. The molecule has 0 bridgehead atoms. The van der Waals surface area contributed by atoms with Gasteiger partial charge in [-0.15, -0.1) is 0 Å². The highest BCUT2D eigenvalue weighted by Crippen LogP contribution is 2.31. The van der Waals surface area contributed by atoms with Gasteiger partial charge in [0.2, 0.25) is 0 Å². The summed E-state index contributed by atoms with van der Waals surface area (Å²) in [4.78, 5) is 14.2. The van der Waals surface area contributed by atoms with Gasteiger partial charge in [-0.3, -0.25) is 9.10 Å². The molecule has 152 valence electrons. The van der Waals surface area contributed by atoms with Crippen LogP contribution in [0.25, 0.3) is 0 Å². The molecule has 0 fully saturated rings. The average molecular weight is 407 g/mol. The van der Waals surface area contributed by atoms with Crippen molar-refractivity contribution in [2.75, 3.05) is 38.7 Å². The molecule has 8 heteroatoms. The molecule has 0 N–H and O–H groups in total. The number of hydrogen-bond donors (Lipinski definition) is 0. The summed E-state index contributed by atoms with van der Waals surface area (Å²) >= 11 is 0. The van der Waals surface area contributed by atoms with Crippen LogP contribution in [-0.4, -0.2) is 53.6 Å². The van der Waals surface area contributed by atoms with Crippen LogP contribution < -0.4 is 13.8 Å². The highest BCUT2D eigenvalue weighted by Gasteiger charge is 2.23. The third-order valence-corrected chi connectivity index (χ3v) is 6.32. The van der Waals surface area contributed by atoms with E-state index in [0.29, 0.717) is 35.8 Å². The number of amides is 1. The summed E-state index contributed by atoms with van der Waals surface area (Å²) in [5.41, 5.74) is 0.968. The van der Waals surface area contributed by atoms with E-state index >= 15 is 0 Å². The van der Waals surface area contributed by atoms with Crippen molar-refractivity contribution >= 4 is 21.6 Å². The number of carbonyl (C=O) groups is 1. The lowest BCUT2D eigenvalue weighted by Crippen LogP contribution is -2.30. The van der Waals surface area contributed by atoms with Gasteiger partial charge in [0.05, 0.1) is 24.8 Å². The Morgan fingerprint density at radius 3 is 2.00 bits per heavy atom. The van der Waals surface area contributed by atoms with Crippen LogP contribution in [0.4, 0.5) is 5.69 Å². The minimum Gasteiger partial charge on any atom is -0.493 e. The zero-order valence-corrected chi connectivity index (χ0v) is 17.6. The van der Waals surface area contributed by atoms with Crippen molar-refractivity contribution in [3.63, 3.8) is 0 Å². The summed E-state index contributed by atoms with van der Waals surface area (Å²) in [5.74, 6) is 0.697. The van der Waals surface area contributed by atoms with Crippen LogP contribution in [0, 0.1) is 0 Å². The molecule has 0 unspecified atom stereocenters. The number of hydrogen-bond acceptors (Lipinski definition) is 5. The SMILES string of the molecule is CCN(CC)C(=O)c1ccc(N(C)S(=O)(=O)c2ccc(OC)c(OC)c2)cc1. The fourth-order valence-corrected chi connectivity index (χ4v) is 3.99. The number of sulfonamides is 1. The zero-order valence-electron chi connectivity index (χ0n) is 16.8. The lowest BCUT2D eigenvalue weighted by molar-refractivity contribution is 0.0773. The quantitative estimate of drug-likeness (QED) is 0.674. The molecule has 0 saturated carbocycles. The van der Waals surface area contributed by atoms with Gasteiger partial charge in [-0.05, 0) is 50.2 Å². The molecule has 2 aromatic rings. The van der Waals surface area contributed by atoms with Crippen molar-refractivity contribution < 1.29 is 22.7 Å². The van der Waals surface area contributed by atoms with E-state index in [0.717, 1.165) is 0 Å². The van der Waals surface area contributed by atoms with Gasteiger partial charge < -0.3 is 14.4 Å². The summed E-state index contributed by atoms with van der Waals surface area (Å²) in [6, 6.07) is 10.9. The number of carbonyl (C=O) groups excluding carboxylic acids is 1. The van der Waals surface area contributed by atoms with Crippen LogP contribution in [0.1, 0.15) is 24.2 Å². The summed E-state index contributed by atoms with van der Waals surface area (Å²) in [7, 11) is 0.593. The van der Waals surface area contributed by atoms with Crippen LogP contribution >= 0.6 is 0 Å². The summed E-state index contributed by atoms with van der Waals surface area (Å²) in [6.45, 7) is 5.06. The van der Waals surface area contributed by atoms with E-state index in [9.17, 15) is 13.2 Å². The molecule has 2 rings (SSSR count). The molecule has 0 radical (unpaired) electrons. The smallest absolute Gasteiger partial charge is 0.264 e. The Balaban J connectivity index is 2.32. The summed E-state index contributed by atoms with van der Waals surface area (Å²) in [6.07, 6.45) is 0. The first kappa shape index (κ1) is 21.6. The Labute approximate surface area is 166 Å². The lowest BCUT2D eigenvalue weighted by Gasteiger charge is -2.22. The van der Waals surface area contributed by atoms with Gasteiger partial charge in [0.25, 0.3) is 15.9 Å². The molecule has 1 amide bonds. The van der Waals surface area contributed by atoms with E-state index in [1.165, 1.54) is 37.7 Å². The minimum absolute atomic E-state index is 0.0796. The molecule has 0 spiro atoms. The standard InChI is InChI=1S/C20H26N2O5S/c1-6-22(7-2)20(23)15-8-10-16(11-9-15)21(3)28(24,25)17-12-13-18(26-4)19(14-17)27-5/h8-14H,6-7H2,1-5H3. The largest absolute Gasteiger partial charge is 0.493 e. The van der Waals surface area contributed by atoms with Crippen molar-refractivity contribution in [2.24, 2.45) is 0 Å². The van der Waals surface area contributed by atoms with Gasteiger partial charge in [-0.25, -0.2) is 8.42 Å². The van der Waals surface area contributed by atoms with Gasteiger partial charge in [0, 0.05) is 31.8 Å². The topological polar surface area (TPSA) is 76.2 Å². The van der Waals surface area contributed by atoms with Gasteiger partial charge in [0.15, 0.2) is 11.5 Å². The van der Waals surface area contributed by atoms with Crippen molar-refractivity contribution in [2.45, 2.75) is 18.7 Å². The molecular formula is C20H26N2O5S. The Morgan fingerprint density at radius 1 is 0.929 bits per heavy atom. The van der Waals surface area contributed by atoms with Crippen LogP contribution in [0.2, 0.25) is 0 Å². The first-order valence-corrected chi connectivity index (χ1v) is 10.3. The van der Waals surface area contributed by atoms with Gasteiger partial charge >= 0.3 is 0 Å². The molecule has 28 heavy (non-hydrogen) atoms. The normalized spacial score (nSPS) is 11.0. The van der Waals surface area contributed by atoms with E-state index < -0.39 is 10.0 Å². The first-order chi connectivity index (χ1) is 13.3. The summed E-state index contributed by atoms with van der Waals surface area (Å²) < 4.78 is 37.5. The average Bonchev–Trinajstić information content (AvgIpc) is 2.73. The Bertz CT molecular complexity index is 922. The molecular weight excluding hydrogens is 380 g/mol. The Kier molecular flexibility index (Phi) is 6.90. The second kappa shape index (κ2) is 8.97.